The van der Waals surface area contributed by atoms with Gasteiger partial charge in [-0.25, -0.2) is 0 Å². The van der Waals surface area contributed by atoms with Crippen molar-refractivity contribution in [1.82, 2.24) is 0 Å². The van der Waals surface area contributed by atoms with E-state index in [1.165, 1.54) is 18.2 Å². The molecule has 1 heterocycles. The quantitative estimate of drug-likeness (QED) is 0.817. The van der Waals surface area contributed by atoms with Crippen molar-refractivity contribution in [2.75, 3.05) is 12.4 Å². The van der Waals surface area contributed by atoms with Crippen molar-refractivity contribution < 1.29 is 4.42 Å². The Morgan fingerprint density at radius 1 is 1.27 bits per heavy atom. The average molecular weight is 203 g/mol. The first kappa shape index (κ1) is 10.1. The van der Waals surface area contributed by atoms with Gasteiger partial charge in [0.1, 0.15) is 11.3 Å². The van der Waals surface area contributed by atoms with Crippen LogP contribution in [-0.4, -0.2) is 7.05 Å². The molecule has 1 N–H and O–H groups in total. The predicted molar refractivity (Wildman–Crippen MR) is 64.4 cm³/mol. The molecule has 0 radical (unpaired) electrons. The molecule has 2 nitrogen and oxygen atoms in total. The highest BCUT2D eigenvalue weighted by atomic mass is 16.3. The van der Waals surface area contributed by atoms with Crippen molar-refractivity contribution in [3.8, 4) is 0 Å². The fourth-order valence-corrected chi connectivity index (χ4v) is 1.88. The molecule has 2 heteroatoms. The van der Waals surface area contributed by atoms with Crippen molar-refractivity contribution >= 4 is 16.7 Å². The third-order valence-electron chi connectivity index (χ3n) is 2.68. The van der Waals surface area contributed by atoms with Crippen molar-refractivity contribution in [2.24, 2.45) is 0 Å². The zero-order chi connectivity index (χ0) is 10.7. The van der Waals surface area contributed by atoms with E-state index in [2.05, 4.69) is 18.3 Å². The van der Waals surface area contributed by atoms with Crippen LogP contribution in [0.2, 0.25) is 0 Å². The van der Waals surface area contributed by atoms with Gasteiger partial charge in [-0.3, -0.25) is 0 Å². The average Bonchev–Trinajstić information content (AvgIpc) is 2.63. The summed E-state index contributed by atoms with van der Waals surface area (Å²) in [6.45, 7) is 2.20. The van der Waals surface area contributed by atoms with Crippen LogP contribution in [0.15, 0.2) is 28.7 Å². The van der Waals surface area contributed by atoms with Gasteiger partial charge in [-0.15, -0.1) is 0 Å². The number of unbranched alkanes of at least 4 members (excludes halogenated alkanes) is 1. The number of aryl methyl sites for hydroxylation is 1. The minimum absolute atomic E-state index is 0.980. The first-order valence-corrected chi connectivity index (χ1v) is 5.55. The van der Waals surface area contributed by atoms with E-state index >= 15 is 0 Å². The predicted octanol–water partition coefficient (Wildman–Crippen LogP) is 3.82. The van der Waals surface area contributed by atoms with Crippen molar-refractivity contribution in [3.05, 3.63) is 30.0 Å². The lowest BCUT2D eigenvalue weighted by molar-refractivity contribution is 0.538. The SMILES string of the molecule is CCCCc1oc2ccccc2c1NC. The van der Waals surface area contributed by atoms with E-state index in [0.717, 1.165) is 23.5 Å². The smallest absolute Gasteiger partial charge is 0.136 e. The van der Waals surface area contributed by atoms with Gasteiger partial charge in [0.2, 0.25) is 0 Å². The molecule has 0 saturated heterocycles. The van der Waals surface area contributed by atoms with Crippen LogP contribution < -0.4 is 5.32 Å². The summed E-state index contributed by atoms with van der Waals surface area (Å²) in [5, 5.41) is 4.42. The number of furan rings is 1. The molecule has 0 aliphatic heterocycles. The van der Waals surface area contributed by atoms with Gasteiger partial charge in [-0.2, -0.15) is 0 Å². The van der Waals surface area contributed by atoms with Gasteiger partial charge in [0, 0.05) is 18.9 Å². The number of nitrogens with one attached hydrogen (secondary N) is 1. The Balaban J connectivity index is 2.44. The van der Waals surface area contributed by atoms with Crippen LogP contribution in [0, 0.1) is 0 Å². The number of para-hydroxylation sites is 1. The number of hydrogen-bond acceptors (Lipinski definition) is 2. The molecule has 0 spiro atoms. The van der Waals surface area contributed by atoms with Gasteiger partial charge < -0.3 is 9.73 Å². The third kappa shape index (κ3) is 1.84. The largest absolute Gasteiger partial charge is 0.459 e. The highest BCUT2D eigenvalue weighted by Crippen LogP contribution is 2.31. The van der Waals surface area contributed by atoms with Gasteiger partial charge >= 0.3 is 0 Å². The lowest BCUT2D eigenvalue weighted by Crippen LogP contribution is -1.91. The highest BCUT2D eigenvalue weighted by molar-refractivity contribution is 5.92. The molecule has 0 saturated carbocycles. The minimum Gasteiger partial charge on any atom is -0.459 e. The van der Waals surface area contributed by atoms with Crippen molar-refractivity contribution in [2.45, 2.75) is 26.2 Å². The minimum atomic E-state index is 0.980. The maximum atomic E-state index is 5.83. The van der Waals surface area contributed by atoms with E-state index in [0.29, 0.717) is 0 Å². The zero-order valence-electron chi connectivity index (χ0n) is 9.34. The molecule has 80 valence electrons. The summed E-state index contributed by atoms with van der Waals surface area (Å²) in [5.41, 5.74) is 2.13. The summed E-state index contributed by atoms with van der Waals surface area (Å²) >= 11 is 0. The fourth-order valence-electron chi connectivity index (χ4n) is 1.88. The molecule has 0 aliphatic rings. The molecule has 0 bridgehead atoms. The van der Waals surface area contributed by atoms with E-state index in [4.69, 9.17) is 4.42 Å². The lowest BCUT2D eigenvalue weighted by atomic mass is 10.1. The van der Waals surface area contributed by atoms with Crippen LogP contribution >= 0.6 is 0 Å². The summed E-state index contributed by atoms with van der Waals surface area (Å²) in [7, 11) is 1.95. The molecule has 2 aromatic rings. The fraction of sp³-hybridized carbons (Fsp3) is 0.385. The zero-order valence-corrected chi connectivity index (χ0v) is 9.34. The van der Waals surface area contributed by atoms with Gasteiger partial charge in [-0.1, -0.05) is 25.5 Å². The second kappa shape index (κ2) is 4.39. The van der Waals surface area contributed by atoms with E-state index in [1.807, 2.05) is 25.2 Å². The van der Waals surface area contributed by atoms with E-state index in [-0.39, 0.29) is 0 Å². The maximum Gasteiger partial charge on any atom is 0.136 e. The normalized spacial score (nSPS) is 10.8. The van der Waals surface area contributed by atoms with Crippen LogP contribution in [0.3, 0.4) is 0 Å². The summed E-state index contributed by atoms with van der Waals surface area (Å²) in [5.74, 6) is 1.08. The van der Waals surface area contributed by atoms with Gasteiger partial charge in [0.15, 0.2) is 0 Å². The number of benzene rings is 1. The van der Waals surface area contributed by atoms with E-state index in [1.54, 1.807) is 0 Å². The van der Waals surface area contributed by atoms with Crippen LogP contribution in [0.5, 0.6) is 0 Å². The molecule has 0 fully saturated rings. The summed E-state index contributed by atoms with van der Waals surface area (Å²) in [4.78, 5) is 0. The van der Waals surface area contributed by atoms with Gasteiger partial charge in [0.05, 0.1) is 5.69 Å². The van der Waals surface area contributed by atoms with Crippen LogP contribution in [0.1, 0.15) is 25.5 Å². The first-order chi connectivity index (χ1) is 7.36. The first-order valence-electron chi connectivity index (χ1n) is 5.55. The molecule has 0 unspecified atom stereocenters. The lowest BCUT2D eigenvalue weighted by Gasteiger charge is -2.00. The van der Waals surface area contributed by atoms with Gasteiger partial charge in [-0.05, 0) is 18.6 Å². The molecule has 15 heavy (non-hydrogen) atoms. The molecule has 1 aromatic carbocycles. The Labute approximate surface area is 90.3 Å². The molecule has 2 rings (SSSR count). The molecule has 0 atom stereocenters. The number of fused-ring (bicyclic) bond motifs is 1. The summed E-state index contributed by atoms with van der Waals surface area (Å²) < 4.78 is 5.83. The number of hydrogen-bond donors (Lipinski definition) is 1. The Bertz CT molecular complexity index is 445. The molecule has 1 aromatic heterocycles. The van der Waals surface area contributed by atoms with Gasteiger partial charge in [0.25, 0.3) is 0 Å². The molecular formula is C13H17NO. The number of rotatable bonds is 4. The Hall–Kier alpha value is -1.44. The second-order valence-electron chi connectivity index (χ2n) is 3.75. The van der Waals surface area contributed by atoms with Crippen molar-refractivity contribution in [1.29, 1.82) is 0 Å². The molecule has 0 amide bonds. The highest BCUT2D eigenvalue weighted by Gasteiger charge is 2.11. The topological polar surface area (TPSA) is 25.2 Å². The monoisotopic (exact) mass is 203 g/mol. The molecule has 0 aliphatic carbocycles. The van der Waals surface area contributed by atoms with Crippen LogP contribution in [0.25, 0.3) is 11.0 Å². The Kier molecular flexibility index (Phi) is 2.95. The van der Waals surface area contributed by atoms with E-state index in [9.17, 15) is 0 Å². The third-order valence-corrected chi connectivity index (χ3v) is 2.68. The summed E-state index contributed by atoms with van der Waals surface area (Å²) in [6, 6.07) is 8.17. The van der Waals surface area contributed by atoms with Crippen molar-refractivity contribution in [3.63, 3.8) is 0 Å². The second-order valence-corrected chi connectivity index (χ2v) is 3.75. The summed E-state index contributed by atoms with van der Waals surface area (Å²) in [6.07, 6.45) is 3.38. The number of anilines is 1. The maximum absolute atomic E-state index is 5.83. The van der Waals surface area contributed by atoms with Crippen LogP contribution in [0.4, 0.5) is 5.69 Å². The van der Waals surface area contributed by atoms with E-state index < -0.39 is 0 Å². The Morgan fingerprint density at radius 3 is 2.80 bits per heavy atom. The Morgan fingerprint density at radius 2 is 2.07 bits per heavy atom. The standard InChI is InChI=1S/C13H17NO/c1-3-4-8-12-13(14-2)10-7-5-6-9-11(10)15-12/h5-7,9,14H,3-4,8H2,1-2H3. The molecular weight excluding hydrogens is 186 g/mol. The van der Waals surface area contributed by atoms with Crippen LogP contribution in [-0.2, 0) is 6.42 Å².